The number of likely N-dealkylation sites (tertiary alicyclic amines) is 2. The maximum absolute atomic E-state index is 12.7. The average Bonchev–Trinajstić information content (AvgIpc) is 3.18. The molecule has 0 unspecified atom stereocenters. The number of hydrogen-bond donors (Lipinski definition) is 1. The summed E-state index contributed by atoms with van der Waals surface area (Å²) in [5.74, 6) is 0.606. The van der Waals surface area contributed by atoms with Gasteiger partial charge in [0.2, 0.25) is 0 Å². The third-order valence-electron chi connectivity index (χ3n) is 6.14. The van der Waals surface area contributed by atoms with E-state index in [1.165, 1.54) is 21.7 Å². The molecule has 2 fully saturated rings. The molecule has 28 heavy (non-hydrogen) atoms. The van der Waals surface area contributed by atoms with Crippen LogP contribution in [0.3, 0.4) is 0 Å². The predicted octanol–water partition coefficient (Wildman–Crippen LogP) is 1.47. The van der Waals surface area contributed by atoms with E-state index in [-0.39, 0.29) is 17.8 Å². The Balaban J connectivity index is 1.26. The smallest absolute Gasteiger partial charge is 0.309 e. The number of fused-ring (bicyclic) bond motifs is 1. The summed E-state index contributed by atoms with van der Waals surface area (Å²) in [6, 6.07) is 8.28. The van der Waals surface area contributed by atoms with E-state index in [0.717, 1.165) is 57.4 Å². The van der Waals surface area contributed by atoms with Gasteiger partial charge in [-0.2, -0.15) is 0 Å². The van der Waals surface area contributed by atoms with Crippen molar-refractivity contribution in [3.8, 4) is 0 Å². The van der Waals surface area contributed by atoms with Crippen LogP contribution in [-0.4, -0.2) is 61.6 Å². The summed E-state index contributed by atoms with van der Waals surface area (Å²) in [6.45, 7) is 3.91. The van der Waals surface area contributed by atoms with Gasteiger partial charge < -0.3 is 14.5 Å². The van der Waals surface area contributed by atoms with Gasteiger partial charge in [0.25, 0.3) is 5.91 Å². The number of piperidine rings is 2. The third-order valence-corrected chi connectivity index (χ3v) is 7.33. The molecule has 150 valence electrons. The summed E-state index contributed by atoms with van der Waals surface area (Å²) in [6.07, 6.45) is 3.61. The van der Waals surface area contributed by atoms with Gasteiger partial charge >= 0.3 is 5.97 Å². The third kappa shape index (κ3) is 4.20. The number of para-hydroxylation sites is 1. The number of thiazole rings is 1. The van der Waals surface area contributed by atoms with E-state index in [2.05, 4.69) is 18.2 Å². The largest absolute Gasteiger partial charge is 0.469 e. The number of rotatable bonds is 4. The van der Waals surface area contributed by atoms with Crippen LogP contribution in [0.1, 0.15) is 36.6 Å². The fourth-order valence-corrected chi connectivity index (χ4v) is 5.51. The van der Waals surface area contributed by atoms with Gasteiger partial charge in [0.15, 0.2) is 6.54 Å². The summed E-state index contributed by atoms with van der Waals surface area (Å²) in [5.41, 5.74) is 1.08. The molecule has 0 saturated carbocycles. The molecule has 2 aliphatic rings. The molecule has 1 aromatic heterocycles. The van der Waals surface area contributed by atoms with Crippen LogP contribution in [0.15, 0.2) is 24.3 Å². The average molecular weight is 403 g/mol. The number of carbonyl (C=O) groups excluding carboxylic acids is 2. The first-order valence-corrected chi connectivity index (χ1v) is 11.0. The second-order valence-corrected chi connectivity index (χ2v) is 8.96. The zero-order chi connectivity index (χ0) is 19.5. The van der Waals surface area contributed by atoms with Crippen molar-refractivity contribution in [3.05, 3.63) is 29.3 Å². The number of nitrogens with one attached hydrogen (secondary N) is 1. The minimum atomic E-state index is -0.109. The Hall–Kier alpha value is -1.99. The lowest BCUT2D eigenvalue weighted by Crippen LogP contribution is -3.14. The number of carbonyl (C=O) groups is 2. The van der Waals surface area contributed by atoms with E-state index in [0.29, 0.717) is 12.5 Å². The Morgan fingerprint density at radius 3 is 2.57 bits per heavy atom. The number of ether oxygens (including phenoxy) is 1. The van der Waals surface area contributed by atoms with Crippen LogP contribution in [0.4, 0.5) is 0 Å². The number of amides is 1. The molecule has 3 heterocycles. The minimum Gasteiger partial charge on any atom is -0.469 e. The Morgan fingerprint density at radius 1 is 1.18 bits per heavy atom. The van der Waals surface area contributed by atoms with Crippen molar-refractivity contribution in [2.45, 2.75) is 31.6 Å². The first-order chi connectivity index (χ1) is 13.6. The highest BCUT2D eigenvalue weighted by Gasteiger charge is 2.31. The van der Waals surface area contributed by atoms with Crippen molar-refractivity contribution in [2.24, 2.45) is 5.92 Å². The molecular weight excluding hydrogens is 374 g/mol. The zero-order valence-electron chi connectivity index (χ0n) is 16.4. The molecule has 1 N–H and O–H groups in total. The molecule has 2 aliphatic heterocycles. The maximum Gasteiger partial charge on any atom is 0.309 e. The van der Waals surface area contributed by atoms with Crippen molar-refractivity contribution < 1.29 is 19.2 Å². The summed E-state index contributed by atoms with van der Waals surface area (Å²) in [4.78, 5) is 32.5. The lowest BCUT2D eigenvalue weighted by atomic mass is 9.96. The summed E-state index contributed by atoms with van der Waals surface area (Å²) >= 11 is 1.79. The molecule has 7 heteroatoms. The Labute approximate surface area is 169 Å². The zero-order valence-corrected chi connectivity index (χ0v) is 17.2. The van der Waals surface area contributed by atoms with E-state index < -0.39 is 0 Å². The van der Waals surface area contributed by atoms with E-state index in [9.17, 15) is 9.59 Å². The molecule has 6 nitrogen and oxygen atoms in total. The van der Waals surface area contributed by atoms with Gasteiger partial charge in [0.05, 0.1) is 41.3 Å². The fraction of sp³-hybridized carbons (Fsp3) is 0.571. The van der Waals surface area contributed by atoms with Crippen molar-refractivity contribution >= 4 is 33.4 Å². The lowest BCUT2D eigenvalue weighted by Gasteiger charge is -2.33. The van der Waals surface area contributed by atoms with Gasteiger partial charge in [0.1, 0.15) is 0 Å². The van der Waals surface area contributed by atoms with Crippen LogP contribution >= 0.6 is 11.3 Å². The van der Waals surface area contributed by atoms with Gasteiger partial charge in [-0.15, -0.1) is 11.3 Å². The molecule has 4 rings (SSSR count). The van der Waals surface area contributed by atoms with Crippen LogP contribution in [-0.2, 0) is 14.3 Å². The van der Waals surface area contributed by atoms with Crippen LogP contribution in [0, 0.1) is 5.92 Å². The van der Waals surface area contributed by atoms with Crippen LogP contribution in [0.2, 0.25) is 0 Å². The van der Waals surface area contributed by atoms with Crippen molar-refractivity contribution in [2.75, 3.05) is 39.8 Å². The van der Waals surface area contributed by atoms with E-state index in [1.54, 1.807) is 11.3 Å². The van der Waals surface area contributed by atoms with Crippen LogP contribution in [0.25, 0.3) is 10.2 Å². The van der Waals surface area contributed by atoms with E-state index in [1.807, 2.05) is 11.0 Å². The lowest BCUT2D eigenvalue weighted by molar-refractivity contribution is -0.898. The van der Waals surface area contributed by atoms with Gasteiger partial charge in [-0.3, -0.25) is 9.59 Å². The van der Waals surface area contributed by atoms with Crippen molar-refractivity contribution in [3.63, 3.8) is 0 Å². The van der Waals surface area contributed by atoms with Gasteiger partial charge in [-0.05, 0) is 25.0 Å². The highest BCUT2D eigenvalue weighted by Crippen LogP contribution is 2.33. The summed E-state index contributed by atoms with van der Waals surface area (Å²) in [5, 5.41) is 1.21. The molecule has 0 bridgehead atoms. The van der Waals surface area contributed by atoms with Crippen molar-refractivity contribution in [1.29, 1.82) is 0 Å². The highest BCUT2D eigenvalue weighted by atomic mass is 32.1. The number of hydrogen-bond acceptors (Lipinski definition) is 5. The highest BCUT2D eigenvalue weighted by molar-refractivity contribution is 7.18. The molecule has 2 aromatic rings. The molecule has 0 radical (unpaired) electrons. The first-order valence-electron chi connectivity index (χ1n) is 10.2. The summed E-state index contributed by atoms with van der Waals surface area (Å²) < 4.78 is 6.08. The Morgan fingerprint density at radius 2 is 1.89 bits per heavy atom. The van der Waals surface area contributed by atoms with Gasteiger partial charge in [-0.25, -0.2) is 4.98 Å². The van der Waals surface area contributed by atoms with Crippen LogP contribution < -0.4 is 4.90 Å². The molecule has 2 saturated heterocycles. The SMILES string of the molecule is COC(=O)C1CC[NH+](CC(=O)N2CCC(c3nc4ccccc4s3)CC2)CC1. The molecule has 0 atom stereocenters. The quantitative estimate of drug-likeness (QED) is 0.787. The molecule has 0 aliphatic carbocycles. The molecule has 1 aromatic carbocycles. The molecular formula is C21H28N3O3S+. The Bertz CT molecular complexity index is 803. The van der Waals surface area contributed by atoms with Crippen molar-refractivity contribution in [1.82, 2.24) is 9.88 Å². The number of quaternary nitrogens is 1. The second kappa shape index (κ2) is 8.57. The number of esters is 1. The fourth-order valence-electron chi connectivity index (χ4n) is 4.37. The summed E-state index contributed by atoms with van der Waals surface area (Å²) in [7, 11) is 1.45. The number of nitrogens with zero attached hydrogens (tertiary/aromatic N) is 2. The number of benzene rings is 1. The maximum atomic E-state index is 12.7. The number of methoxy groups -OCH3 is 1. The van der Waals surface area contributed by atoms with Crippen LogP contribution in [0.5, 0.6) is 0 Å². The first kappa shape index (κ1) is 19.3. The minimum absolute atomic E-state index is 0.00778. The van der Waals surface area contributed by atoms with Gasteiger partial charge in [-0.1, -0.05) is 12.1 Å². The predicted molar refractivity (Wildman–Crippen MR) is 108 cm³/mol. The second-order valence-electron chi connectivity index (χ2n) is 7.90. The monoisotopic (exact) mass is 402 g/mol. The van der Waals surface area contributed by atoms with E-state index in [4.69, 9.17) is 9.72 Å². The molecule has 1 amide bonds. The Kier molecular flexibility index (Phi) is 5.92. The molecule has 0 spiro atoms. The topological polar surface area (TPSA) is 63.9 Å². The standard InChI is InChI=1S/C21H27N3O3S/c1-27-21(26)16-6-10-23(11-7-16)14-19(25)24-12-8-15(9-13-24)20-22-17-4-2-3-5-18(17)28-20/h2-5,15-16H,6-14H2,1H3/p+1. The van der Waals surface area contributed by atoms with Gasteiger partial charge in [0, 0.05) is 31.8 Å². The van der Waals surface area contributed by atoms with E-state index >= 15 is 0 Å². The number of aromatic nitrogens is 1. The normalized spacial score (nSPS) is 23.7.